The molecule has 0 bridgehead atoms. The van der Waals surface area contributed by atoms with Gasteiger partial charge in [0.15, 0.2) is 0 Å². The number of rotatable bonds is 7. The highest BCUT2D eigenvalue weighted by Gasteiger charge is 2.27. The maximum atomic E-state index is 12.8. The van der Waals surface area contributed by atoms with Gasteiger partial charge in [-0.05, 0) is 54.8 Å². The van der Waals surface area contributed by atoms with Crippen LogP contribution >= 0.6 is 0 Å². The Labute approximate surface area is 168 Å². The zero-order valence-electron chi connectivity index (χ0n) is 16.2. The van der Waals surface area contributed by atoms with Crippen LogP contribution in [0.1, 0.15) is 30.1 Å². The number of carbonyl (C=O) groups excluding carboxylic acids is 3. The lowest BCUT2D eigenvalue weighted by Crippen LogP contribution is -2.36. The number of aromatic hydroxyl groups is 1. The van der Waals surface area contributed by atoms with Crippen molar-refractivity contribution >= 4 is 28.6 Å². The Balaban J connectivity index is 1.76. The maximum absolute atomic E-state index is 12.8. The number of amides is 2. The number of carbonyl (C=O) groups is 3. The van der Waals surface area contributed by atoms with Crippen LogP contribution in [0.4, 0.5) is 0 Å². The monoisotopic (exact) mass is 396 g/mol. The summed E-state index contributed by atoms with van der Waals surface area (Å²) in [5.74, 6) is -0.898. The molecule has 2 aromatic rings. The van der Waals surface area contributed by atoms with Crippen molar-refractivity contribution in [2.75, 3.05) is 13.2 Å². The second kappa shape index (κ2) is 9.23. The topological polar surface area (TPSA) is 105 Å². The predicted molar refractivity (Wildman–Crippen MR) is 108 cm³/mol. The lowest BCUT2D eigenvalue weighted by atomic mass is 9.97. The van der Waals surface area contributed by atoms with E-state index in [2.05, 4.69) is 10.6 Å². The maximum Gasteiger partial charge on any atom is 0.330 e. The summed E-state index contributed by atoms with van der Waals surface area (Å²) in [7, 11) is 0. The molecule has 7 heteroatoms. The molecule has 1 aliphatic rings. The Morgan fingerprint density at radius 2 is 2.03 bits per heavy atom. The fraction of sp³-hybridized carbons (Fsp3) is 0.318. The van der Waals surface area contributed by atoms with Gasteiger partial charge in [-0.2, -0.15) is 0 Å². The molecule has 2 amide bonds. The van der Waals surface area contributed by atoms with Crippen LogP contribution in [0.5, 0.6) is 5.75 Å². The number of hydrogen-bond acceptors (Lipinski definition) is 5. The first kappa shape index (κ1) is 20.4. The Hall–Kier alpha value is -3.35. The molecule has 0 saturated carbocycles. The Morgan fingerprint density at radius 1 is 1.28 bits per heavy atom. The third-order valence-corrected chi connectivity index (χ3v) is 4.85. The predicted octanol–water partition coefficient (Wildman–Crippen LogP) is 2.29. The minimum atomic E-state index is -0.492. The van der Waals surface area contributed by atoms with E-state index in [-0.39, 0.29) is 30.1 Å². The summed E-state index contributed by atoms with van der Waals surface area (Å²) in [6, 6.07) is 9.61. The zero-order chi connectivity index (χ0) is 20.8. The van der Waals surface area contributed by atoms with Crippen molar-refractivity contribution in [2.45, 2.75) is 25.8 Å². The van der Waals surface area contributed by atoms with Crippen LogP contribution < -0.4 is 10.6 Å². The molecule has 0 radical (unpaired) electrons. The van der Waals surface area contributed by atoms with Gasteiger partial charge in [-0.1, -0.05) is 18.2 Å². The van der Waals surface area contributed by atoms with Crippen LogP contribution in [0.2, 0.25) is 0 Å². The summed E-state index contributed by atoms with van der Waals surface area (Å²) in [6.07, 6.45) is 3.94. The third-order valence-electron chi connectivity index (χ3n) is 4.85. The summed E-state index contributed by atoms with van der Waals surface area (Å²) in [5.41, 5.74) is 0.452. The van der Waals surface area contributed by atoms with Gasteiger partial charge in [0.05, 0.1) is 6.61 Å². The molecule has 1 heterocycles. The molecule has 1 fully saturated rings. The van der Waals surface area contributed by atoms with Gasteiger partial charge in [-0.3, -0.25) is 9.59 Å². The van der Waals surface area contributed by atoms with E-state index in [1.807, 2.05) is 0 Å². The number of phenolic OH excluding ortho intramolecular Hbond substituents is 1. The molecule has 0 aromatic heterocycles. The summed E-state index contributed by atoms with van der Waals surface area (Å²) >= 11 is 0. The molecule has 1 saturated heterocycles. The van der Waals surface area contributed by atoms with Gasteiger partial charge in [0.25, 0.3) is 5.91 Å². The number of fused-ring (bicyclic) bond motifs is 1. The molecular weight excluding hydrogens is 372 g/mol. The van der Waals surface area contributed by atoms with Crippen LogP contribution in [-0.4, -0.2) is 42.1 Å². The van der Waals surface area contributed by atoms with Gasteiger partial charge in [0.1, 0.15) is 5.75 Å². The fourth-order valence-corrected chi connectivity index (χ4v) is 3.37. The molecule has 152 valence electrons. The van der Waals surface area contributed by atoms with Crippen LogP contribution in [-0.2, 0) is 14.3 Å². The van der Waals surface area contributed by atoms with Gasteiger partial charge >= 0.3 is 5.97 Å². The van der Waals surface area contributed by atoms with Crippen molar-refractivity contribution in [1.82, 2.24) is 10.6 Å². The second-order valence-electron chi connectivity index (χ2n) is 6.95. The second-order valence-corrected chi connectivity index (χ2v) is 6.95. The fourth-order valence-electron chi connectivity index (χ4n) is 3.37. The van der Waals surface area contributed by atoms with Crippen molar-refractivity contribution in [1.29, 1.82) is 0 Å². The van der Waals surface area contributed by atoms with Gasteiger partial charge in [-0.25, -0.2) is 4.79 Å². The average molecular weight is 396 g/mol. The zero-order valence-corrected chi connectivity index (χ0v) is 16.2. The molecule has 0 unspecified atom stereocenters. The lowest BCUT2D eigenvalue weighted by molar-refractivity contribution is -0.137. The van der Waals surface area contributed by atoms with E-state index >= 15 is 0 Å². The first-order valence-electron chi connectivity index (χ1n) is 9.62. The molecular formula is C22H24N2O5. The van der Waals surface area contributed by atoms with Crippen LogP contribution in [0.15, 0.2) is 48.6 Å². The Kier molecular flexibility index (Phi) is 6.49. The van der Waals surface area contributed by atoms with Crippen LogP contribution in [0, 0.1) is 5.92 Å². The minimum Gasteiger partial charge on any atom is -0.508 e. The molecule has 3 rings (SSSR count). The van der Waals surface area contributed by atoms with E-state index in [0.29, 0.717) is 24.9 Å². The molecule has 29 heavy (non-hydrogen) atoms. The largest absolute Gasteiger partial charge is 0.508 e. The standard InChI is InChI=1S/C22H24N2O5/c1-2-29-20(26)8-6-18(12-17-9-10-23-21(17)27)24-22(28)16-4-3-15-13-19(25)7-5-14(15)11-16/h3-8,11,13,17-18,25H,2,9-10,12H2,1H3,(H,23,27)(H,24,28)/t17-,18+/m0/s1. The molecule has 2 aromatic carbocycles. The third kappa shape index (κ3) is 5.34. The summed E-state index contributed by atoms with van der Waals surface area (Å²) in [5, 5.41) is 16.9. The number of ether oxygens (including phenoxy) is 1. The quantitative estimate of drug-likeness (QED) is 0.492. The molecule has 3 N–H and O–H groups in total. The van der Waals surface area contributed by atoms with Crippen molar-refractivity contribution in [2.24, 2.45) is 5.92 Å². The smallest absolute Gasteiger partial charge is 0.330 e. The minimum absolute atomic E-state index is 0.0423. The normalized spacial score (nSPS) is 17.3. The van der Waals surface area contributed by atoms with Gasteiger partial charge in [-0.15, -0.1) is 0 Å². The lowest BCUT2D eigenvalue weighted by Gasteiger charge is -2.18. The van der Waals surface area contributed by atoms with Gasteiger partial charge < -0.3 is 20.5 Å². The number of phenols is 1. The summed E-state index contributed by atoms with van der Waals surface area (Å²) in [6.45, 7) is 2.59. The van der Waals surface area contributed by atoms with Crippen molar-refractivity contribution in [3.8, 4) is 5.75 Å². The highest BCUT2D eigenvalue weighted by Crippen LogP contribution is 2.22. The average Bonchev–Trinajstić information content (AvgIpc) is 3.10. The number of hydrogen-bond donors (Lipinski definition) is 3. The number of nitrogens with one attached hydrogen (secondary N) is 2. The van der Waals surface area contributed by atoms with E-state index in [0.717, 1.165) is 10.8 Å². The molecule has 0 aliphatic carbocycles. The number of benzene rings is 2. The molecule has 2 atom stereocenters. The van der Waals surface area contributed by atoms with Gasteiger partial charge in [0.2, 0.25) is 5.91 Å². The summed E-state index contributed by atoms with van der Waals surface area (Å²) < 4.78 is 4.89. The Morgan fingerprint density at radius 3 is 2.76 bits per heavy atom. The first-order valence-corrected chi connectivity index (χ1v) is 9.62. The van der Waals surface area contributed by atoms with Crippen LogP contribution in [0.25, 0.3) is 10.8 Å². The first-order chi connectivity index (χ1) is 14.0. The summed E-state index contributed by atoms with van der Waals surface area (Å²) in [4.78, 5) is 36.4. The molecule has 0 spiro atoms. The number of esters is 1. The van der Waals surface area contributed by atoms with E-state index in [9.17, 15) is 19.5 Å². The van der Waals surface area contributed by atoms with E-state index < -0.39 is 12.0 Å². The molecule has 1 aliphatic heterocycles. The van der Waals surface area contributed by atoms with E-state index in [1.54, 1.807) is 49.4 Å². The van der Waals surface area contributed by atoms with Gasteiger partial charge in [0, 0.05) is 30.1 Å². The van der Waals surface area contributed by atoms with Crippen LogP contribution in [0.3, 0.4) is 0 Å². The SMILES string of the molecule is CCOC(=O)C=C[C@H](C[C@@H]1CCNC1=O)NC(=O)c1ccc2cc(O)ccc2c1. The van der Waals surface area contributed by atoms with E-state index in [1.165, 1.54) is 6.08 Å². The molecule has 7 nitrogen and oxygen atoms in total. The highest BCUT2D eigenvalue weighted by molar-refractivity contribution is 5.99. The van der Waals surface area contributed by atoms with E-state index in [4.69, 9.17) is 4.74 Å². The van der Waals surface area contributed by atoms with Crippen molar-refractivity contribution < 1.29 is 24.2 Å². The van der Waals surface area contributed by atoms with Crippen molar-refractivity contribution in [3.63, 3.8) is 0 Å². The highest BCUT2D eigenvalue weighted by atomic mass is 16.5. The Bertz CT molecular complexity index is 953. The van der Waals surface area contributed by atoms with Crippen molar-refractivity contribution in [3.05, 3.63) is 54.1 Å².